The lowest BCUT2D eigenvalue weighted by atomic mass is 9.94. The molecule has 13 atom stereocenters. The molecule has 630 valence electrons. The zero-order valence-electron chi connectivity index (χ0n) is 66.5. The van der Waals surface area contributed by atoms with Gasteiger partial charge in [0, 0.05) is 71.7 Å². The number of pyridine rings is 1. The van der Waals surface area contributed by atoms with Crippen molar-refractivity contribution in [1.82, 2.24) is 68.0 Å². The summed E-state index contributed by atoms with van der Waals surface area (Å²) in [7, 11) is 2.87. The van der Waals surface area contributed by atoms with Gasteiger partial charge in [0.1, 0.15) is 66.8 Å². The van der Waals surface area contributed by atoms with Crippen LogP contribution in [-0.4, -0.2) is 210 Å². The van der Waals surface area contributed by atoms with Crippen LogP contribution in [0.2, 0.25) is 0 Å². The van der Waals surface area contributed by atoms with Crippen LogP contribution < -0.4 is 86.3 Å². The second-order valence-corrected chi connectivity index (χ2v) is 29.9. The maximum absolute atomic E-state index is 16.3. The molecular formula is C81H107FN18O16S. The van der Waals surface area contributed by atoms with E-state index in [0.717, 1.165) is 17.9 Å². The molecule has 2 unspecified atom stereocenters. The Morgan fingerprint density at radius 3 is 1.86 bits per heavy atom. The molecule has 0 aliphatic carbocycles. The predicted octanol–water partition coefficient (Wildman–Crippen LogP) is 0.605. The average molecular weight is 1640 g/mol. The number of hydrogen-bond acceptors (Lipinski definition) is 22. The number of esters is 1. The first-order chi connectivity index (χ1) is 55.8. The molecule has 7 rings (SSSR count). The van der Waals surface area contributed by atoms with Gasteiger partial charge in [-0.2, -0.15) is 0 Å². The van der Waals surface area contributed by atoms with Crippen LogP contribution in [0.4, 0.5) is 14.9 Å². The number of carbonyl (C=O) groups is 13. The van der Waals surface area contributed by atoms with Gasteiger partial charge in [0.15, 0.2) is 0 Å². The average Bonchev–Trinajstić information content (AvgIpc) is 1.61. The summed E-state index contributed by atoms with van der Waals surface area (Å²) in [6.45, 7) is 6.56. The zero-order chi connectivity index (χ0) is 85.7. The lowest BCUT2D eigenvalue weighted by molar-refractivity contribution is -0.153. The van der Waals surface area contributed by atoms with Crippen LogP contribution in [0.5, 0.6) is 0 Å². The number of rotatable bonds is 30. The van der Waals surface area contributed by atoms with E-state index in [4.69, 9.17) is 27.7 Å². The van der Waals surface area contributed by atoms with E-state index in [1.54, 1.807) is 111 Å². The predicted molar refractivity (Wildman–Crippen MR) is 435 cm³/mol. The van der Waals surface area contributed by atoms with E-state index in [2.05, 4.69) is 63.5 Å². The molecule has 0 spiro atoms. The topological polar surface area (TPSA) is 529 Å². The molecule has 12 amide bonds. The first-order valence-corrected chi connectivity index (χ1v) is 39.3. The molecule has 1 saturated heterocycles. The summed E-state index contributed by atoms with van der Waals surface area (Å²) in [5.74, 6) is -14.9. The van der Waals surface area contributed by atoms with Crippen molar-refractivity contribution in [3.63, 3.8) is 0 Å². The van der Waals surface area contributed by atoms with E-state index in [9.17, 15) is 72.5 Å². The van der Waals surface area contributed by atoms with Crippen molar-refractivity contribution < 1.29 is 81.7 Å². The van der Waals surface area contributed by atoms with Gasteiger partial charge < -0.3 is 96.4 Å². The Bertz CT molecular complexity index is 4520. The largest absolute Gasteiger partial charge is 0.461 e. The Balaban J connectivity index is 1.09. The minimum absolute atomic E-state index is 0.0139. The number of aliphatic hydroxyl groups excluding tert-OH is 2. The van der Waals surface area contributed by atoms with Gasteiger partial charge in [-0.1, -0.05) is 112 Å². The Labute approximate surface area is 681 Å². The molecular weight excluding hydrogens is 1530 g/mol. The minimum atomic E-state index is -1.85. The number of hydrogen-bond donors (Lipinski definition) is 17. The van der Waals surface area contributed by atoms with E-state index < -0.39 is 175 Å². The number of ether oxygens (including phenoxy) is 1. The number of aliphatic hydroxyl groups is 2. The molecule has 1 aliphatic rings. The number of fused-ring (bicyclic) bond motifs is 1. The van der Waals surface area contributed by atoms with E-state index >= 15 is 4.39 Å². The highest BCUT2D eigenvalue weighted by molar-refractivity contribution is 7.99. The van der Waals surface area contributed by atoms with Gasteiger partial charge >= 0.3 is 12.0 Å². The Hall–Kier alpha value is -11.5. The fourth-order valence-electron chi connectivity index (χ4n) is 12.7. The Morgan fingerprint density at radius 2 is 1.26 bits per heavy atom. The monoisotopic (exact) mass is 1640 g/mol. The van der Waals surface area contributed by atoms with E-state index in [1.807, 2.05) is 18.2 Å². The molecule has 1 aliphatic heterocycles. The summed E-state index contributed by atoms with van der Waals surface area (Å²) in [6, 6.07) is 15.3. The summed E-state index contributed by atoms with van der Waals surface area (Å²) in [5, 5.41) is 50.7. The van der Waals surface area contributed by atoms with Crippen LogP contribution in [0.15, 0.2) is 131 Å². The quantitative estimate of drug-likeness (QED) is 0.0275. The van der Waals surface area contributed by atoms with Crippen molar-refractivity contribution in [3.05, 3.63) is 155 Å². The molecule has 6 aromatic rings. The number of halogens is 1. The van der Waals surface area contributed by atoms with Gasteiger partial charge in [-0.3, -0.25) is 72.0 Å². The number of nitrogens with two attached hydrogens (primary N) is 4. The standard InChI is InChI=1S/C81H107FN18O16S/c1-44(2)39-62-76(110)92-57(28-33-83)71(105)91-60(31-36-86)75(109)98-66(47(5)101)78(112)89-38-32-61(74(108)90-58(29-34-84)73(107)96-63(77(111)95-62)40-49-17-10-9-11-18-49)93-72(106)59(30-35-85)94-79(113)67(48(6)102)97-69(103)45(3)46(4)80(114)116-43-51-19-16-22-56(82)68(51)99(8)81(115)100-42-50(24-25-52-20-14-15-37-88-52)54-27-26-53(41-64(54)100)117-65-23-13-12-21-55(65)70(104)87-7/h9-27,37,41-42,44-48,57-63,66-67,101-102H,28-36,38-40,43,83-86H2,1-8H3,(H,87,104)(H,89,112)(H,90,108)(H,91,105)(H,92,110)(H,93,106)(H,94,113)(H,95,111)(H,96,107)(H,97,103)(H,98,109)/b25-24+/t45?,46?,47-,48-,57-,58-,59-,60-,61+,62-,63-,66-,67+/m1/s1. The molecule has 1 fully saturated rings. The molecule has 2 aromatic heterocycles. The molecule has 3 heterocycles. The lowest BCUT2D eigenvalue weighted by Gasteiger charge is -2.29. The highest BCUT2D eigenvalue weighted by Crippen LogP contribution is 2.36. The number of amides is 12. The van der Waals surface area contributed by atoms with Crippen molar-refractivity contribution >= 4 is 117 Å². The molecule has 21 N–H and O–H groups in total. The maximum Gasteiger partial charge on any atom is 0.332 e. The lowest BCUT2D eigenvalue weighted by Crippen LogP contribution is -2.61. The van der Waals surface area contributed by atoms with E-state index in [1.165, 1.54) is 63.3 Å². The van der Waals surface area contributed by atoms with Gasteiger partial charge in [-0.25, -0.2) is 9.18 Å². The second kappa shape index (κ2) is 45.1. The number of para-hydroxylation sites is 1. The van der Waals surface area contributed by atoms with Crippen LogP contribution in [0.1, 0.15) is 113 Å². The molecule has 117 heavy (non-hydrogen) atoms. The van der Waals surface area contributed by atoms with Crippen molar-refractivity contribution in [3.8, 4) is 0 Å². The second-order valence-electron chi connectivity index (χ2n) is 28.8. The number of nitrogens with one attached hydrogen (secondary N) is 11. The summed E-state index contributed by atoms with van der Waals surface area (Å²) in [4.78, 5) is 192. The third-order valence-corrected chi connectivity index (χ3v) is 20.5. The molecule has 0 radical (unpaired) electrons. The van der Waals surface area contributed by atoms with Gasteiger partial charge in [-0.15, -0.1) is 0 Å². The van der Waals surface area contributed by atoms with Crippen LogP contribution in [0.3, 0.4) is 0 Å². The Kier molecular flexibility index (Phi) is 35.7. The maximum atomic E-state index is 16.3. The number of anilines is 1. The zero-order valence-corrected chi connectivity index (χ0v) is 67.3. The summed E-state index contributed by atoms with van der Waals surface area (Å²) < 4.78 is 23.4. The first kappa shape index (κ1) is 92.6. The van der Waals surface area contributed by atoms with Crippen LogP contribution in [0.25, 0.3) is 23.1 Å². The highest BCUT2D eigenvalue weighted by atomic mass is 32.2. The van der Waals surface area contributed by atoms with Crippen molar-refractivity contribution in [2.75, 3.05) is 51.7 Å². The third kappa shape index (κ3) is 26.2. The summed E-state index contributed by atoms with van der Waals surface area (Å²) in [5.41, 5.74) is 26.2. The van der Waals surface area contributed by atoms with Crippen LogP contribution >= 0.6 is 11.8 Å². The summed E-state index contributed by atoms with van der Waals surface area (Å²) in [6.07, 6.45) is 1.79. The summed E-state index contributed by atoms with van der Waals surface area (Å²) >= 11 is 1.29. The fourth-order valence-corrected chi connectivity index (χ4v) is 13.7. The molecule has 0 saturated carbocycles. The normalized spacial score (nSPS) is 19.8. The van der Waals surface area contributed by atoms with Gasteiger partial charge in [0.2, 0.25) is 59.1 Å². The van der Waals surface area contributed by atoms with Crippen LogP contribution in [-0.2, 0) is 70.5 Å². The molecule has 4 aromatic carbocycles. The third-order valence-electron chi connectivity index (χ3n) is 19.4. The minimum Gasteiger partial charge on any atom is -0.461 e. The van der Waals surface area contributed by atoms with Gasteiger partial charge in [0.05, 0.1) is 40.6 Å². The molecule has 36 heteroatoms. The first-order valence-electron chi connectivity index (χ1n) is 38.5. The van der Waals surface area contributed by atoms with Crippen molar-refractivity contribution in [1.29, 1.82) is 0 Å². The number of carbonyl (C=O) groups excluding carboxylic acids is 13. The highest BCUT2D eigenvalue weighted by Gasteiger charge is 2.39. The number of nitrogens with zero attached hydrogens (tertiary/aromatic N) is 3. The number of benzene rings is 4. The van der Waals surface area contributed by atoms with Crippen molar-refractivity contribution in [2.45, 2.75) is 169 Å². The van der Waals surface area contributed by atoms with Gasteiger partial charge in [-0.05, 0) is 139 Å². The van der Waals surface area contributed by atoms with Crippen molar-refractivity contribution in [2.24, 2.45) is 40.7 Å². The smallest absolute Gasteiger partial charge is 0.332 e. The number of aromatic nitrogens is 2. The van der Waals surface area contributed by atoms with Gasteiger partial charge in [0.25, 0.3) is 5.91 Å². The Morgan fingerprint density at radius 1 is 0.658 bits per heavy atom. The fraction of sp³-hybridized carbons (Fsp3) is 0.432. The van der Waals surface area contributed by atoms with E-state index in [0.29, 0.717) is 43.1 Å². The molecule has 34 nitrogen and oxygen atoms in total. The van der Waals surface area contributed by atoms with E-state index in [-0.39, 0.29) is 87.8 Å². The van der Waals surface area contributed by atoms with Crippen LogP contribution in [0, 0.1) is 23.6 Å². The SMILES string of the molecule is CNC(=O)c1ccccc1Sc1ccc2c(/C=C/c3ccccn3)cn(C(=O)N(C)c3c(F)cccc3COC(=O)C(C)C(C)C(=O)N[C@H](C(=O)N[C@H](CCN)C(=O)N[C@H]3CCNC(=O)[C@@H]([C@@H](C)O)NC(=O)[C@@H](CCN)NC(=O)[C@@H](CCN)NC(=O)[C@@H](CC(C)C)NC(=O)[C@@H](Cc4ccccc4)NC(=O)[C@@H](CCN)NC3=O)[C@@H](C)O)c2c1. The molecule has 0 bridgehead atoms.